The number of aromatic nitrogens is 3. The maximum atomic E-state index is 12.0. The van der Waals surface area contributed by atoms with Crippen molar-refractivity contribution in [3.05, 3.63) is 53.2 Å². The zero-order chi connectivity index (χ0) is 13.2. The Morgan fingerprint density at radius 1 is 1.21 bits per heavy atom. The average Bonchev–Trinajstić information content (AvgIpc) is 2.87. The number of hydrogen-bond donors (Lipinski definition) is 2. The topological polar surface area (TPSA) is 70.7 Å². The minimum Gasteiger partial charge on any atom is -0.361 e. The Balaban J connectivity index is 1.83. The Labute approximate surface area is 117 Å². The molecule has 0 saturated heterocycles. The first-order chi connectivity index (χ1) is 9.22. The fourth-order valence-electron chi connectivity index (χ4n) is 1.76. The average molecular weight is 317 g/mol. The molecule has 0 atom stereocenters. The van der Waals surface area contributed by atoms with Crippen LogP contribution in [-0.4, -0.2) is 20.9 Å². The van der Waals surface area contributed by atoms with Gasteiger partial charge < -0.3 is 10.3 Å². The van der Waals surface area contributed by atoms with Crippen LogP contribution < -0.4 is 5.32 Å². The molecule has 3 rings (SSSR count). The van der Waals surface area contributed by atoms with Gasteiger partial charge in [-0.3, -0.25) is 4.79 Å². The van der Waals surface area contributed by atoms with E-state index < -0.39 is 0 Å². The largest absolute Gasteiger partial charge is 0.361 e. The highest BCUT2D eigenvalue weighted by molar-refractivity contribution is 9.10. The van der Waals surface area contributed by atoms with Crippen molar-refractivity contribution in [2.45, 2.75) is 0 Å². The Kier molecular flexibility index (Phi) is 3.00. The molecule has 0 fully saturated rings. The summed E-state index contributed by atoms with van der Waals surface area (Å²) in [5, 5.41) is 3.83. The molecule has 2 N–H and O–H groups in total. The lowest BCUT2D eigenvalue weighted by Crippen LogP contribution is -2.13. The van der Waals surface area contributed by atoms with E-state index in [4.69, 9.17) is 0 Å². The number of anilines is 1. The predicted molar refractivity (Wildman–Crippen MR) is 76.0 cm³/mol. The van der Waals surface area contributed by atoms with Gasteiger partial charge in [-0.25, -0.2) is 9.97 Å². The molecule has 0 spiro atoms. The van der Waals surface area contributed by atoms with Crippen LogP contribution in [-0.2, 0) is 0 Å². The first-order valence-corrected chi connectivity index (χ1v) is 6.38. The fraction of sp³-hybridized carbons (Fsp3) is 0. The lowest BCUT2D eigenvalue weighted by molar-refractivity contribution is 0.102. The summed E-state index contributed by atoms with van der Waals surface area (Å²) in [4.78, 5) is 23.0. The van der Waals surface area contributed by atoms with Gasteiger partial charge in [-0.15, -0.1) is 0 Å². The van der Waals surface area contributed by atoms with E-state index in [0.717, 1.165) is 16.6 Å². The number of aromatic amines is 1. The molecule has 6 heteroatoms. The minimum absolute atomic E-state index is 0.275. The third-order valence-corrected chi connectivity index (χ3v) is 3.07. The number of fused-ring (bicyclic) bond motifs is 1. The van der Waals surface area contributed by atoms with E-state index in [1.807, 2.05) is 30.5 Å². The smallest absolute Gasteiger partial charge is 0.275 e. The summed E-state index contributed by atoms with van der Waals surface area (Å²) in [5.41, 5.74) is 2.03. The van der Waals surface area contributed by atoms with Gasteiger partial charge in [0.1, 0.15) is 10.3 Å². The minimum atomic E-state index is -0.283. The van der Waals surface area contributed by atoms with Crippen LogP contribution in [0.3, 0.4) is 0 Å². The molecule has 1 aromatic carbocycles. The zero-order valence-electron chi connectivity index (χ0n) is 9.72. The van der Waals surface area contributed by atoms with Crippen LogP contribution in [0.25, 0.3) is 10.9 Å². The van der Waals surface area contributed by atoms with Crippen molar-refractivity contribution in [2.24, 2.45) is 0 Å². The molecule has 0 aliphatic heterocycles. The van der Waals surface area contributed by atoms with Crippen molar-refractivity contribution in [1.29, 1.82) is 0 Å². The normalized spacial score (nSPS) is 10.6. The third-order valence-electron chi connectivity index (χ3n) is 2.66. The molecule has 0 aliphatic rings. The van der Waals surface area contributed by atoms with Gasteiger partial charge in [-0.2, -0.15) is 0 Å². The summed E-state index contributed by atoms with van der Waals surface area (Å²) in [7, 11) is 0. The van der Waals surface area contributed by atoms with Crippen molar-refractivity contribution >= 4 is 38.4 Å². The van der Waals surface area contributed by atoms with Crippen LogP contribution in [0.4, 0.5) is 5.69 Å². The van der Waals surface area contributed by atoms with Gasteiger partial charge >= 0.3 is 0 Å². The second kappa shape index (κ2) is 4.81. The molecule has 19 heavy (non-hydrogen) atoms. The van der Waals surface area contributed by atoms with E-state index in [-0.39, 0.29) is 11.6 Å². The number of halogens is 1. The molecule has 0 radical (unpaired) electrons. The summed E-state index contributed by atoms with van der Waals surface area (Å²) < 4.78 is 0.595. The van der Waals surface area contributed by atoms with Gasteiger partial charge in [0.2, 0.25) is 0 Å². The van der Waals surface area contributed by atoms with Crippen molar-refractivity contribution < 1.29 is 4.79 Å². The molecule has 2 aromatic heterocycles. The lowest BCUT2D eigenvalue weighted by atomic mass is 10.2. The van der Waals surface area contributed by atoms with E-state index in [1.165, 1.54) is 12.4 Å². The highest BCUT2D eigenvalue weighted by atomic mass is 79.9. The first-order valence-electron chi connectivity index (χ1n) is 5.58. The second-order valence-electron chi connectivity index (χ2n) is 3.96. The number of benzene rings is 1. The summed E-state index contributed by atoms with van der Waals surface area (Å²) in [6, 6.07) is 7.60. The maximum absolute atomic E-state index is 12.0. The summed E-state index contributed by atoms with van der Waals surface area (Å²) in [5.74, 6) is -0.283. The van der Waals surface area contributed by atoms with Crippen molar-refractivity contribution in [3.63, 3.8) is 0 Å². The molecule has 5 nitrogen and oxygen atoms in total. The van der Waals surface area contributed by atoms with E-state index in [0.29, 0.717) is 4.60 Å². The van der Waals surface area contributed by atoms with Crippen LogP contribution in [0.15, 0.2) is 47.5 Å². The predicted octanol–water partition coefficient (Wildman–Crippen LogP) is 2.97. The Morgan fingerprint density at radius 2 is 2.11 bits per heavy atom. The summed E-state index contributed by atoms with van der Waals surface area (Å²) in [6.45, 7) is 0. The van der Waals surface area contributed by atoms with Gasteiger partial charge in [0.25, 0.3) is 5.91 Å². The molecule has 2 heterocycles. The molecule has 0 aliphatic carbocycles. The van der Waals surface area contributed by atoms with Gasteiger partial charge in [0.15, 0.2) is 0 Å². The van der Waals surface area contributed by atoms with E-state index >= 15 is 0 Å². The summed E-state index contributed by atoms with van der Waals surface area (Å²) >= 11 is 3.18. The monoisotopic (exact) mass is 316 g/mol. The van der Waals surface area contributed by atoms with Gasteiger partial charge in [-0.1, -0.05) is 0 Å². The SMILES string of the molecule is O=C(Nc1ccc2[nH]ccc2c1)c1cnc(Br)cn1. The Bertz CT molecular complexity index is 736. The van der Waals surface area contributed by atoms with Crippen LogP contribution in [0.5, 0.6) is 0 Å². The molecule has 3 aromatic rings. The number of carbonyl (C=O) groups is 1. The standard InChI is InChI=1S/C13H9BrN4O/c14-12-7-16-11(6-17-12)13(19)18-9-1-2-10-8(5-9)3-4-15-10/h1-7,15H,(H,18,19). The maximum Gasteiger partial charge on any atom is 0.275 e. The molecule has 1 amide bonds. The molecule has 94 valence electrons. The highest BCUT2D eigenvalue weighted by Crippen LogP contribution is 2.18. The van der Waals surface area contributed by atoms with Crippen molar-refractivity contribution in [3.8, 4) is 0 Å². The van der Waals surface area contributed by atoms with E-state index in [2.05, 4.69) is 36.2 Å². The van der Waals surface area contributed by atoms with Crippen LogP contribution >= 0.6 is 15.9 Å². The molecule has 0 unspecified atom stereocenters. The first kappa shape index (κ1) is 11.9. The van der Waals surface area contributed by atoms with Crippen LogP contribution in [0, 0.1) is 0 Å². The quantitative estimate of drug-likeness (QED) is 0.763. The van der Waals surface area contributed by atoms with Crippen molar-refractivity contribution in [2.75, 3.05) is 5.32 Å². The van der Waals surface area contributed by atoms with E-state index in [1.54, 1.807) is 0 Å². The fourth-order valence-corrected chi connectivity index (χ4v) is 1.96. The number of carbonyl (C=O) groups excluding carboxylic acids is 1. The van der Waals surface area contributed by atoms with Gasteiger partial charge in [0.05, 0.1) is 12.4 Å². The van der Waals surface area contributed by atoms with Gasteiger partial charge in [-0.05, 0) is 40.2 Å². The van der Waals surface area contributed by atoms with Gasteiger partial charge in [0, 0.05) is 22.8 Å². The summed E-state index contributed by atoms with van der Waals surface area (Å²) in [6.07, 6.45) is 4.77. The van der Waals surface area contributed by atoms with Crippen molar-refractivity contribution in [1.82, 2.24) is 15.0 Å². The molecular weight excluding hydrogens is 308 g/mol. The zero-order valence-corrected chi connectivity index (χ0v) is 11.3. The Morgan fingerprint density at radius 3 is 2.89 bits per heavy atom. The number of nitrogens with zero attached hydrogens (tertiary/aromatic N) is 2. The third kappa shape index (κ3) is 2.48. The van der Waals surface area contributed by atoms with Crippen LogP contribution in [0.1, 0.15) is 10.5 Å². The Hall–Kier alpha value is -2.21. The van der Waals surface area contributed by atoms with Crippen LogP contribution in [0.2, 0.25) is 0 Å². The number of hydrogen-bond acceptors (Lipinski definition) is 3. The lowest BCUT2D eigenvalue weighted by Gasteiger charge is -2.04. The molecular formula is C13H9BrN4O. The number of nitrogens with one attached hydrogen (secondary N) is 2. The second-order valence-corrected chi connectivity index (χ2v) is 4.77. The number of H-pyrrole nitrogens is 1. The number of rotatable bonds is 2. The molecule has 0 saturated carbocycles. The highest BCUT2D eigenvalue weighted by Gasteiger charge is 2.08. The van der Waals surface area contributed by atoms with E-state index in [9.17, 15) is 4.79 Å². The number of amides is 1. The molecule has 0 bridgehead atoms.